The van der Waals surface area contributed by atoms with E-state index in [1.165, 1.54) is 0 Å². The normalized spacial score (nSPS) is 12.7. The molecule has 2 aromatic heterocycles. The van der Waals surface area contributed by atoms with Gasteiger partial charge < -0.3 is 10.7 Å². The molecule has 0 radical (unpaired) electrons. The van der Waals surface area contributed by atoms with E-state index in [1.54, 1.807) is 0 Å². The number of benzene rings is 1. The molecule has 1 aromatic carbocycles. The van der Waals surface area contributed by atoms with Crippen LogP contribution in [0.25, 0.3) is 11.2 Å². The molecule has 12 heteroatoms. The second-order valence-corrected chi connectivity index (χ2v) is 5.90. The summed E-state index contributed by atoms with van der Waals surface area (Å²) >= 11 is 0.593. The highest BCUT2D eigenvalue weighted by atomic mass is 32.2. The van der Waals surface area contributed by atoms with Gasteiger partial charge in [-0.3, -0.25) is 0 Å². The lowest BCUT2D eigenvalue weighted by molar-refractivity contribution is -0.143. The van der Waals surface area contributed by atoms with Crippen molar-refractivity contribution in [3.8, 4) is 0 Å². The largest absolute Gasteiger partial charge is 0.416 e. The van der Waals surface area contributed by atoms with Crippen molar-refractivity contribution in [1.29, 1.82) is 0 Å². The van der Waals surface area contributed by atoms with E-state index in [2.05, 4.69) is 19.9 Å². The predicted molar refractivity (Wildman–Crippen MR) is 76.7 cm³/mol. The summed E-state index contributed by atoms with van der Waals surface area (Å²) in [5.74, 6) is 0.0353. The smallest absolute Gasteiger partial charge is 0.382 e. The number of imidazole rings is 1. The zero-order valence-corrected chi connectivity index (χ0v) is 12.7. The summed E-state index contributed by atoms with van der Waals surface area (Å²) in [5.41, 5.74) is 3.17. The van der Waals surface area contributed by atoms with E-state index >= 15 is 0 Å². The summed E-state index contributed by atoms with van der Waals surface area (Å²) in [4.78, 5) is 13.9. The van der Waals surface area contributed by atoms with Gasteiger partial charge in [0, 0.05) is 4.90 Å². The van der Waals surface area contributed by atoms with Crippen molar-refractivity contribution in [2.75, 3.05) is 5.73 Å². The average Bonchev–Trinajstić information content (AvgIpc) is 2.89. The third-order valence-corrected chi connectivity index (χ3v) is 3.92. The van der Waals surface area contributed by atoms with Crippen LogP contribution in [-0.2, 0) is 12.4 Å². The van der Waals surface area contributed by atoms with Gasteiger partial charge in [-0.1, -0.05) is 11.8 Å². The highest BCUT2D eigenvalue weighted by Crippen LogP contribution is 2.39. The zero-order valence-electron chi connectivity index (χ0n) is 11.9. The van der Waals surface area contributed by atoms with E-state index in [-0.39, 0.29) is 33.1 Å². The first-order valence-electron chi connectivity index (χ1n) is 6.47. The highest BCUT2D eigenvalue weighted by Gasteiger charge is 2.37. The SMILES string of the molecule is Nc1ncnc2[nH]c(Sc3cc(C(F)(F)F)cc(C(F)(F)F)c3)nc12. The maximum atomic E-state index is 12.9. The number of hydrogen-bond donors (Lipinski definition) is 2. The number of halogens is 6. The molecule has 5 nitrogen and oxygen atoms in total. The van der Waals surface area contributed by atoms with Crippen LogP contribution >= 0.6 is 11.8 Å². The van der Waals surface area contributed by atoms with E-state index in [4.69, 9.17) is 5.73 Å². The lowest BCUT2D eigenvalue weighted by Gasteiger charge is -2.13. The van der Waals surface area contributed by atoms with Crippen LogP contribution in [0.15, 0.2) is 34.6 Å². The monoisotopic (exact) mass is 379 g/mol. The molecule has 0 saturated carbocycles. The fraction of sp³-hybridized carbons (Fsp3) is 0.154. The number of nitrogen functional groups attached to an aromatic ring is 1. The summed E-state index contributed by atoms with van der Waals surface area (Å²) in [5, 5.41) is 0.0367. The van der Waals surface area contributed by atoms with Crippen molar-refractivity contribution in [3.63, 3.8) is 0 Å². The molecule has 0 unspecified atom stereocenters. The van der Waals surface area contributed by atoms with Gasteiger partial charge in [-0.15, -0.1) is 0 Å². The van der Waals surface area contributed by atoms with Gasteiger partial charge in [0.15, 0.2) is 22.1 Å². The number of rotatable bonds is 2. The second-order valence-electron chi connectivity index (χ2n) is 4.84. The van der Waals surface area contributed by atoms with E-state index in [1.807, 2.05) is 0 Å². The topological polar surface area (TPSA) is 80.5 Å². The molecule has 0 spiro atoms. The van der Waals surface area contributed by atoms with Crippen molar-refractivity contribution < 1.29 is 26.3 Å². The fourth-order valence-corrected chi connectivity index (χ4v) is 2.85. The van der Waals surface area contributed by atoms with Crippen LogP contribution in [0.1, 0.15) is 11.1 Å². The molecule has 0 bridgehead atoms. The van der Waals surface area contributed by atoms with Crippen LogP contribution in [0.4, 0.5) is 32.2 Å². The molecule has 132 valence electrons. The summed E-state index contributed by atoms with van der Waals surface area (Å²) in [6.07, 6.45) is -8.68. The summed E-state index contributed by atoms with van der Waals surface area (Å²) in [6, 6.07) is 1.29. The molecular formula is C13H7F6N5S. The average molecular weight is 379 g/mol. The van der Waals surface area contributed by atoms with Crippen molar-refractivity contribution in [3.05, 3.63) is 35.7 Å². The highest BCUT2D eigenvalue weighted by molar-refractivity contribution is 7.99. The van der Waals surface area contributed by atoms with Gasteiger partial charge in [-0.25, -0.2) is 15.0 Å². The van der Waals surface area contributed by atoms with E-state index in [0.717, 1.165) is 6.33 Å². The standard InChI is InChI=1S/C13H7F6N5S/c14-12(15,16)5-1-6(13(17,18)19)3-7(2-5)25-11-23-8-9(20)21-4-22-10(8)24-11/h1-4H,(H3,20,21,22,23,24). The predicted octanol–water partition coefficient (Wildman–Crippen LogP) is 4.12. The lowest BCUT2D eigenvalue weighted by atomic mass is 10.1. The molecule has 0 fully saturated rings. The van der Waals surface area contributed by atoms with Crippen molar-refractivity contribution >= 4 is 28.7 Å². The van der Waals surface area contributed by atoms with Crippen molar-refractivity contribution in [2.24, 2.45) is 0 Å². The molecule has 0 aliphatic rings. The Morgan fingerprint density at radius 2 is 1.52 bits per heavy atom. The lowest BCUT2D eigenvalue weighted by Crippen LogP contribution is -2.10. The fourth-order valence-electron chi connectivity index (χ4n) is 1.97. The Labute approximate surface area is 139 Å². The van der Waals surface area contributed by atoms with Gasteiger partial charge in [-0.05, 0) is 18.2 Å². The Bertz CT molecular complexity index is 901. The molecule has 3 N–H and O–H groups in total. The number of aromatic nitrogens is 4. The Kier molecular flexibility index (Phi) is 4.01. The van der Waals surface area contributed by atoms with Crippen molar-refractivity contribution in [1.82, 2.24) is 19.9 Å². The Morgan fingerprint density at radius 1 is 0.920 bits per heavy atom. The number of fused-ring (bicyclic) bond motifs is 1. The maximum absolute atomic E-state index is 12.9. The van der Waals surface area contributed by atoms with E-state index < -0.39 is 23.5 Å². The molecule has 0 saturated heterocycles. The number of alkyl halides is 6. The quantitative estimate of drug-likeness (QED) is 0.655. The Morgan fingerprint density at radius 3 is 2.04 bits per heavy atom. The van der Waals surface area contributed by atoms with E-state index in [9.17, 15) is 26.3 Å². The van der Waals surface area contributed by atoms with Gasteiger partial charge in [-0.2, -0.15) is 26.3 Å². The minimum Gasteiger partial charge on any atom is -0.382 e. The number of nitrogens with two attached hydrogens (primary N) is 1. The number of H-pyrrole nitrogens is 1. The number of nitrogens with zero attached hydrogens (tertiary/aromatic N) is 3. The van der Waals surface area contributed by atoms with Gasteiger partial charge in [0.05, 0.1) is 11.1 Å². The van der Waals surface area contributed by atoms with Gasteiger partial charge in [0.25, 0.3) is 0 Å². The van der Waals surface area contributed by atoms with Crippen LogP contribution in [0.3, 0.4) is 0 Å². The zero-order chi connectivity index (χ0) is 18.4. The molecule has 0 aliphatic heterocycles. The first-order valence-corrected chi connectivity index (χ1v) is 7.29. The number of aromatic amines is 1. The van der Waals surface area contributed by atoms with Crippen LogP contribution in [-0.4, -0.2) is 19.9 Å². The second kappa shape index (κ2) is 5.79. The first-order chi connectivity index (χ1) is 11.5. The summed E-state index contributed by atoms with van der Waals surface area (Å²) < 4.78 is 77.2. The molecule has 3 rings (SSSR count). The molecule has 2 heterocycles. The van der Waals surface area contributed by atoms with Crippen LogP contribution in [0.5, 0.6) is 0 Å². The van der Waals surface area contributed by atoms with Gasteiger partial charge >= 0.3 is 12.4 Å². The number of hydrogen-bond acceptors (Lipinski definition) is 5. The van der Waals surface area contributed by atoms with Crippen LogP contribution < -0.4 is 5.73 Å². The van der Waals surface area contributed by atoms with E-state index in [0.29, 0.717) is 23.9 Å². The molecular weight excluding hydrogens is 372 g/mol. The summed E-state index contributed by atoms with van der Waals surface area (Å²) in [7, 11) is 0. The minimum absolute atomic E-state index is 0.0353. The molecule has 0 atom stereocenters. The molecule has 25 heavy (non-hydrogen) atoms. The Hall–Kier alpha value is -2.50. The minimum atomic E-state index is -4.92. The first kappa shape index (κ1) is 17.3. The van der Waals surface area contributed by atoms with Gasteiger partial charge in [0.1, 0.15) is 6.33 Å². The van der Waals surface area contributed by atoms with Crippen LogP contribution in [0.2, 0.25) is 0 Å². The van der Waals surface area contributed by atoms with Crippen molar-refractivity contribution in [2.45, 2.75) is 22.4 Å². The Balaban J connectivity index is 2.04. The third-order valence-electron chi connectivity index (χ3n) is 3.06. The third kappa shape index (κ3) is 3.62. The van der Waals surface area contributed by atoms with Crippen LogP contribution in [0, 0.1) is 0 Å². The number of anilines is 1. The molecule has 0 aliphatic carbocycles. The summed E-state index contributed by atoms with van der Waals surface area (Å²) in [6.45, 7) is 0. The molecule has 3 aromatic rings. The number of nitrogens with one attached hydrogen (secondary N) is 1. The van der Waals surface area contributed by atoms with Gasteiger partial charge in [0.2, 0.25) is 0 Å². The molecule has 0 amide bonds. The maximum Gasteiger partial charge on any atom is 0.416 e.